The summed E-state index contributed by atoms with van der Waals surface area (Å²) in [6.07, 6.45) is 2.34. The summed E-state index contributed by atoms with van der Waals surface area (Å²) < 4.78 is -0.0240. The fourth-order valence-electron chi connectivity index (χ4n) is 20.9. The Balaban J connectivity index is 0.757. The van der Waals surface area contributed by atoms with Crippen LogP contribution in [0.15, 0.2) is 84.9 Å². The van der Waals surface area contributed by atoms with Crippen molar-refractivity contribution in [2.24, 2.45) is 0 Å². The fourth-order valence-corrected chi connectivity index (χ4v) is 96.5. The molecular weight excluding hydrogens is 560 g/mol. The van der Waals surface area contributed by atoms with Crippen molar-refractivity contribution >= 4 is 17.3 Å². The molecule has 8 atom stereocenters. The summed E-state index contributed by atoms with van der Waals surface area (Å²) in [6, 6.07) is 27.2. The molecule has 0 aromatic heterocycles. The van der Waals surface area contributed by atoms with Crippen LogP contribution in [-0.4, -0.2) is 17.3 Å². The maximum absolute atomic E-state index is 14.3. The third kappa shape index (κ3) is 0.576. The number of hydrogen-bond donors (Lipinski definition) is 0. The van der Waals surface area contributed by atoms with E-state index in [1.165, 1.54) is 0 Å². The van der Waals surface area contributed by atoms with E-state index in [9.17, 15) is 14.4 Å². The number of rotatable bonds is 7. The number of carbonyl (C=O) groups is 3. The van der Waals surface area contributed by atoms with Crippen molar-refractivity contribution in [3.8, 4) is 23.7 Å². The first-order valence-corrected chi connectivity index (χ1v) is 21.6. The first-order chi connectivity index (χ1) is 20.3. The van der Waals surface area contributed by atoms with Gasteiger partial charge in [0.15, 0.2) is 0 Å². The maximum atomic E-state index is 14.3. The third-order valence-electron chi connectivity index (χ3n) is 19.9. The average molecular weight is 588 g/mol. The molecule has 0 amide bonds. The average Bonchev–Trinajstić information content (AvgIpc) is 3.98. The number of carbonyl (C=O) groups excluding carboxylic acids is 3. The Morgan fingerprint density at radius 2 is 1.17 bits per heavy atom. The van der Waals surface area contributed by atoms with Gasteiger partial charge in [0.05, 0.1) is 0 Å². The van der Waals surface area contributed by atoms with E-state index in [2.05, 4.69) is 23.7 Å². The first kappa shape index (κ1) is 21.1. The topological polar surface area (TPSA) is 51.2 Å². The number of ketones is 3. The Hall–Kier alpha value is -3.69. The predicted octanol–water partition coefficient (Wildman–Crippen LogP) is 7.56. The molecule has 3 aromatic carbocycles. The molecule has 3 aromatic rings. The summed E-state index contributed by atoms with van der Waals surface area (Å²) >= 11 is 0. The Morgan fingerprint density at radius 3 is 1.71 bits per heavy atom. The molecule has 0 aliphatic carbocycles. The Kier molecular flexibility index (Phi) is 1.73. The zero-order valence-electron chi connectivity index (χ0n) is 22.9. The van der Waals surface area contributed by atoms with Gasteiger partial charge in [-0.3, -0.25) is 0 Å². The molecule has 42 heavy (non-hydrogen) atoms. The van der Waals surface area contributed by atoms with Crippen molar-refractivity contribution in [2.45, 2.75) is 66.4 Å². The van der Waals surface area contributed by atoms with Crippen molar-refractivity contribution in [1.29, 1.82) is 0 Å². The summed E-state index contributed by atoms with van der Waals surface area (Å²) in [6.45, 7) is -4.21. The third-order valence-corrected chi connectivity index (χ3v) is 62.6. The summed E-state index contributed by atoms with van der Waals surface area (Å²) in [4.78, 5) is 47.2. The molecule has 10 heterocycles. The molecule has 0 N–H and O–H groups in total. The van der Waals surface area contributed by atoms with Gasteiger partial charge >= 0.3 is 200 Å². The SMILES string of the molecule is O=C(C#Cc1ccccc1)c1ccc(CCCC(=O)[C]23[CH]4[CH]5[CH]6[CH]2[Fe]56432789[CH]3[CH]2[CH]7[C]8(C(=O)C#Cc2ccccc2)[CH]39)cc1. The quantitative estimate of drug-likeness (QED) is 0.163. The van der Waals surface area contributed by atoms with Gasteiger partial charge in [0.1, 0.15) is 0 Å². The first-order valence-electron chi connectivity index (χ1n) is 15.4. The number of fused-ring (bicyclic) bond motifs is 10. The van der Waals surface area contributed by atoms with Gasteiger partial charge in [-0.15, -0.1) is 0 Å². The number of Topliss-reactive ketones (excluding diaryl/α,β-unsaturated/α-hetero) is 3. The molecule has 10 aliphatic rings. The van der Waals surface area contributed by atoms with Crippen LogP contribution in [0.25, 0.3) is 0 Å². The van der Waals surface area contributed by atoms with E-state index < -0.39 is 6.51 Å². The van der Waals surface area contributed by atoms with Gasteiger partial charge < -0.3 is 0 Å². The van der Waals surface area contributed by atoms with E-state index in [4.69, 9.17) is 0 Å². The second-order valence-corrected chi connectivity index (χ2v) is 39.8. The summed E-state index contributed by atoms with van der Waals surface area (Å²) in [5.74, 6) is 12.7. The molecule has 4 heteroatoms. The molecule has 10 aliphatic heterocycles. The normalized spacial score (nSPS) is 55.8. The van der Waals surface area contributed by atoms with E-state index in [1.807, 2.05) is 84.9 Å². The number of aryl methyl sites for hydroxylation is 1. The van der Waals surface area contributed by atoms with Gasteiger partial charge in [-0.25, -0.2) is 0 Å². The standard InChI is InChI=1S/C24H19O2.C14H9O.Fe/c25-23(21-10-4-5-11-21)12-6-9-20-13-16-22(17-14-20)24(26)18-15-19-7-2-1-3-8-19;15-14(13-8-4-5-9-13)11-10-12-6-2-1-3-7-12;/h1-5,7-8,10-11,13-14,16-17H,6,9,12H2;1-9H;. The van der Waals surface area contributed by atoms with E-state index in [-0.39, 0.29) is 20.2 Å². The van der Waals surface area contributed by atoms with Gasteiger partial charge in [0.2, 0.25) is 0 Å². The fraction of sp³-hybridized carbons (Fsp3) is 0.342. The van der Waals surface area contributed by atoms with E-state index in [0.29, 0.717) is 37.0 Å². The zero-order chi connectivity index (χ0) is 27.8. The van der Waals surface area contributed by atoms with Gasteiger partial charge in [0, 0.05) is 5.56 Å². The summed E-state index contributed by atoms with van der Waals surface area (Å²) in [5, 5.41) is 0. The molecule has 13 rings (SSSR count). The molecule has 1 spiro atoms. The van der Waals surface area contributed by atoms with E-state index in [1.54, 1.807) is 0 Å². The molecule has 10 fully saturated rings. The van der Waals surface area contributed by atoms with Crippen LogP contribution in [0.2, 0.25) is 47.2 Å². The van der Waals surface area contributed by atoms with Crippen LogP contribution in [0.5, 0.6) is 0 Å². The van der Waals surface area contributed by atoms with Crippen molar-refractivity contribution in [3.05, 3.63) is 107 Å². The van der Waals surface area contributed by atoms with Crippen molar-refractivity contribution in [3.63, 3.8) is 0 Å². The van der Waals surface area contributed by atoms with Gasteiger partial charge in [-0.05, 0) is 12.1 Å². The second-order valence-electron chi connectivity index (χ2n) is 16.6. The molecule has 10 saturated heterocycles. The van der Waals surface area contributed by atoms with Crippen LogP contribution in [0, 0.1) is 23.7 Å². The molecular formula is C38H28FeO3. The monoisotopic (exact) mass is 588 g/mol. The summed E-state index contributed by atoms with van der Waals surface area (Å²) in [5.41, 5.74) is 3.50. The van der Waals surface area contributed by atoms with Crippen LogP contribution in [-0.2, 0) is 22.5 Å². The van der Waals surface area contributed by atoms with E-state index >= 15 is 0 Å². The number of benzene rings is 3. The predicted molar refractivity (Wildman–Crippen MR) is 156 cm³/mol. The minimum atomic E-state index is -4.21. The van der Waals surface area contributed by atoms with Crippen LogP contribution >= 0.6 is 0 Å². The number of hydrogen-bond acceptors (Lipinski definition) is 3. The molecule has 3 nitrogen and oxygen atoms in total. The Bertz CT molecular complexity index is 2440. The summed E-state index contributed by atoms with van der Waals surface area (Å²) in [7, 11) is 0. The van der Waals surface area contributed by atoms with E-state index in [0.717, 1.165) is 48.8 Å². The van der Waals surface area contributed by atoms with Crippen molar-refractivity contribution < 1.29 is 20.9 Å². The van der Waals surface area contributed by atoms with Gasteiger partial charge in [0.25, 0.3) is 0 Å². The molecule has 0 saturated carbocycles. The minimum absolute atomic E-state index is 0.0339. The van der Waals surface area contributed by atoms with Crippen molar-refractivity contribution in [1.82, 2.24) is 0 Å². The molecule has 0 radical (unpaired) electrons. The molecule has 8 unspecified atom stereocenters. The van der Waals surface area contributed by atoms with Crippen LogP contribution in [0.3, 0.4) is 0 Å². The van der Waals surface area contributed by atoms with Crippen LogP contribution in [0.1, 0.15) is 39.9 Å². The molecule has 206 valence electrons. The zero-order valence-corrected chi connectivity index (χ0v) is 24.0. The van der Waals surface area contributed by atoms with Gasteiger partial charge in [-0.2, -0.15) is 0 Å². The Labute approximate surface area is 234 Å². The molecule has 0 bridgehead atoms. The van der Waals surface area contributed by atoms with Crippen LogP contribution < -0.4 is 0 Å². The second kappa shape index (κ2) is 3.46. The van der Waals surface area contributed by atoms with Crippen LogP contribution in [0.4, 0.5) is 0 Å². The van der Waals surface area contributed by atoms with Gasteiger partial charge in [-0.1, -0.05) is 18.2 Å². The van der Waals surface area contributed by atoms with Crippen molar-refractivity contribution in [2.75, 3.05) is 0 Å². The Morgan fingerprint density at radius 1 is 0.643 bits per heavy atom.